The van der Waals surface area contributed by atoms with E-state index in [9.17, 15) is 0 Å². The third kappa shape index (κ3) is 6.18. The Labute approximate surface area is 373 Å². The molecule has 0 amide bonds. The maximum Gasteiger partial charge on any atom is 0.0618 e. The van der Waals surface area contributed by atoms with Crippen molar-refractivity contribution in [2.45, 2.75) is 13.8 Å². The molecule has 0 radical (unpaired) electrons. The maximum absolute atomic E-state index is 2.51. The maximum atomic E-state index is 2.51. The molecule has 0 atom stereocenters. The van der Waals surface area contributed by atoms with Gasteiger partial charge in [0.2, 0.25) is 0 Å². The molecule has 0 saturated carbocycles. The number of aryl methyl sites for hydroxylation is 2. The molecule has 0 aliphatic carbocycles. The zero-order valence-corrected chi connectivity index (χ0v) is 35.8. The highest BCUT2D eigenvalue weighted by Gasteiger charge is 2.26. The molecule has 0 aromatic heterocycles. The molecule has 12 aromatic carbocycles. The van der Waals surface area contributed by atoms with E-state index in [1.807, 2.05) is 0 Å². The fourth-order valence-corrected chi connectivity index (χ4v) is 10.0. The second-order valence-electron chi connectivity index (χ2n) is 17.0. The van der Waals surface area contributed by atoms with Crippen molar-refractivity contribution in [2.75, 3.05) is 9.80 Å². The largest absolute Gasteiger partial charge is 0.309 e. The summed E-state index contributed by atoms with van der Waals surface area (Å²) in [6.07, 6.45) is 0. The SMILES string of the molecule is Cc1ccc(N(c2c(-c3ccccc3)ccc3ccccc23)c2ccc3ccc4c(N(c5ccc(C)cc5)c5c(-c6ccccc6)ccc6ccccc56)ccc5ccc2c3c54)cc1. The van der Waals surface area contributed by atoms with E-state index in [0.717, 1.165) is 22.7 Å². The predicted molar refractivity (Wildman–Crippen MR) is 275 cm³/mol. The summed E-state index contributed by atoms with van der Waals surface area (Å²) >= 11 is 0. The second-order valence-corrected chi connectivity index (χ2v) is 17.0. The molecule has 0 aliphatic rings. The van der Waals surface area contributed by atoms with Crippen LogP contribution < -0.4 is 9.80 Å². The third-order valence-electron chi connectivity index (χ3n) is 13.1. The van der Waals surface area contributed by atoms with Crippen molar-refractivity contribution in [3.63, 3.8) is 0 Å². The first-order valence-corrected chi connectivity index (χ1v) is 22.2. The van der Waals surface area contributed by atoms with E-state index in [1.165, 1.54) is 98.6 Å². The van der Waals surface area contributed by atoms with Crippen molar-refractivity contribution >= 4 is 88.0 Å². The third-order valence-corrected chi connectivity index (χ3v) is 13.1. The van der Waals surface area contributed by atoms with Crippen molar-refractivity contribution in [1.29, 1.82) is 0 Å². The molecule has 2 nitrogen and oxygen atoms in total. The van der Waals surface area contributed by atoms with Gasteiger partial charge in [-0.05, 0) is 93.7 Å². The first-order valence-electron chi connectivity index (χ1n) is 22.2. The van der Waals surface area contributed by atoms with E-state index < -0.39 is 0 Å². The first kappa shape index (κ1) is 37.6. The van der Waals surface area contributed by atoms with E-state index in [0.29, 0.717) is 0 Å². The number of benzene rings is 12. The molecule has 0 aliphatic heterocycles. The van der Waals surface area contributed by atoms with Crippen molar-refractivity contribution in [2.24, 2.45) is 0 Å². The monoisotopic (exact) mass is 816 g/mol. The van der Waals surface area contributed by atoms with E-state index in [-0.39, 0.29) is 0 Å². The van der Waals surface area contributed by atoms with Crippen molar-refractivity contribution < 1.29 is 0 Å². The molecule has 0 spiro atoms. The molecule has 0 N–H and O–H groups in total. The molecule has 0 fully saturated rings. The van der Waals surface area contributed by atoms with Gasteiger partial charge in [0.25, 0.3) is 0 Å². The highest BCUT2D eigenvalue weighted by atomic mass is 15.2. The van der Waals surface area contributed by atoms with Crippen LogP contribution in [0.3, 0.4) is 0 Å². The molecular formula is C62H44N2. The number of anilines is 6. The molecule has 0 bridgehead atoms. The lowest BCUT2D eigenvalue weighted by Gasteiger charge is -2.32. The van der Waals surface area contributed by atoms with Crippen molar-refractivity contribution in [3.05, 3.63) is 242 Å². The average molecular weight is 817 g/mol. The topological polar surface area (TPSA) is 6.48 Å². The van der Waals surface area contributed by atoms with Crippen LogP contribution >= 0.6 is 0 Å². The molecule has 64 heavy (non-hydrogen) atoms. The second kappa shape index (κ2) is 15.3. The van der Waals surface area contributed by atoms with E-state index >= 15 is 0 Å². The first-order chi connectivity index (χ1) is 31.6. The fourth-order valence-electron chi connectivity index (χ4n) is 10.0. The summed E-state index contributed by atoms with van der Waals surface area (Å²) in [6.45, 7) is 4.33. The van der Waals surface area contributed by atoms with E-state index in [2.05, 4.69) is 254 Å². The van der Waals surface area contributed by atoms with Gasteiger partial charge in [-0.15, -0.1) is 0 Å². The van der Waals surface area contributed by atoms with Gasteiger partial charge < -0.3 is 9.80 Å². The van der Waals surface area contributed by atoms with Gasteiger partial charge in [0.1, 0.15) is 0 Å². The molecule has 0 heterocycles. The summed E-state index contributed by atoms with van der Waals surface area (Å²) in [7, 11) is 0. The highest BCUT2D eigenvalue weighted by molar-refractivity contribution is 6.29. The normalized spacial score (nSPS) is 11.6. The zero-order chi connectivity index (χ0) is 42.7. The molecule has 0 unspecified atom stereocenters. The number of fused-ring (bicyclic) bond motifs is 2. The van der Waals surface area contributed by atoms with Crippen molar-refractivity contribution in [1.82, 2.24) is 0 Å². The molecular weight excluding hydrogens is 773 g/mol. The van der Waals surface area contributed by atoms with Gasteiger partial charge in [-0.1, -0.05) is 205 Å². The van der Waals surface area contributed by atoms with E-state index in [1.54, 1.807) is 0 Å². The summed E-state index contributed by atoms with van der Waals surface area (Å²) in [5.41, 5.74) is 14.0. The molecule has 2 heteroatoms. The Morgan fingerprint density at radius 3 is 1.05 bits per heavy atom. The van der Waals surface area contributed by atoms with Crippen LogP contribution in [0, 0.1) is 13.8 Å². The lowest BCUT2D eigenvalue weighted by Crippen LogP contribution is -2.13. The van der Waals surface area contributed by atoms with Gasteiger partial charge in [0.15, 0.2) is 0 Å². The minimum atomic E-state index is 1.12. The van der Waals surface area contributed by atoms with Crippen LogP contribution in [0.4, 0.5) is 34.1 Å². The van der Waals surface area contributed by atoms with Gasteiger partial charge in [-0.25, -0.2) is 0 Å². The molecule has 12 aromatic rings. The van der Waals surface area contributed by atoms with Crippen LogP contribution in [0.2, 0.25) is 0 Å². The number of hydrogen-bond donors (Lipinski definition) is 0. The van der Waals surface area contributed by atoms with Crippen LogP contribution in [0.15, 0.2) is 231 Å². The van der Waals surface area contributed by atoms with Crippen LogP contribution in [0.25, 0.3) is 76.1 Å². The summed E-state index contributed by atoms with van der Waals surface area (Å²) in [5.74, 6) is 0. The van der Waals surface area contributed by atoms with Gasteiger partial charge in [-0.2, -0.15) is 0 Å². The fraction of sp³-hybridized carbons (Fsp3) is 0.0323. The number of rotatable bonds is 8. The summed E-state index contributed by atoms with van der Waals surface area (Å²) in [4.78, 5) is 5.02. The Hall–Kier alpha value is -8.20. The Balaban J connectivity index is 1.17. The molecule has 12 rings (SSSR count). The van der Waals surface area contributed by atoms with Gasteiger partial charge in [0, 0.05) is 44.0 Å². The van der Waals surface area contributed by atoms with Crippen molar-refractivity contribution in [3.8, 4) is 22.3 Å². The number of nitrogens with zero attached hydrogens (tertiary/aromatic N) is 2. The summed E-state index contributed by atoms with van der Waals surface area (Å²) in [6, 6.07) is 85.1. The lowest BCUT2D eigenvalue weighted by atomic mass is 9.90. The van der Waals surface area contributed by atoms with Crippen LogP contribution in [0.1, 0.15) is 11.1 Å². The minimum absolute atomic E-state index is 1.12. The van der Waals surface area contributed by atoms with Gasteiger partial charge in [0.05, 0.1) is 22.7 Å². The van der Waals surface area contributed by atoms with Gasteiger partial charge >= 0.3 is 0 Å². The van der Waals surface area contributed by atoms with Gasteiger partial charge in [-0.3, -0.25) is 0 Å². The Bertz CT molecular complexity index is 3420. The Morgan fingerprint density at radius 2 is 0.625 bits per heavy atom. The Kier molecular flexibility index (Phi) is 8.98. The van der Waals surface area contributed by atoms with E-state index in [4.69, 9.17) is 0 Å². The summed E-state index contributed by atoms with van der Waals surface area (Å²) < 4.78 is 0. The Morgan fingerprint density at radius 1 is 0.266 bits per heavy atom. The van der Waals surface area contributed by atoms with Crippen LogP contribution in [-0.2, 0) is 0 Å². The van der Waals surface area contributed by atoms with Crippen LogP contribution in [0.5, 0.6) is 0 Å². The molecule has 0 saturated heterocycles. The quantitative estimate of drug-likeness (QED) is 0.141. The smallest absolute Gasteiger partial charge is 0.0618 e. The lowest BCUT2D eigenvalue weighted by molar-refractivity contribution is 1.30. The predicted octanol–water partition coefficient (Wildman–Crippen LogP) is 17.8. The average Bonchev–Trinajstić information content (AvgIpc) is 3.35. The zero-order valence-electron chi connectivity index (χ0n) is 35.8. The molecule has 302 valence electrons. The standard InChI is InChI=1S/C62H44N2/c1-41-21-31-49(32-22-41)63(61-51-19-11-9-17-45(51)25-35-53(61)43-13-5-3-6-14-43)57-39-29-47-28-38-56-58(40-30-48-27-37-55(57)59(47)60(48)56)64(50-33-23-42(2)24-34-50)62-52-20-12-10-18-46(52)26-36-54(62)44-15-7-4-8-16-44/h3-40H,1-2H3. The highest BCUT2D eigenvalue weighted by Crippen LogP contribution is 2.52. The summed E-state index contributed by atoms with van der Waals surface area (Å²) in [5, 5.41) is 12.2. The number of hydrogen-bond acceptors (Lipinski definition) is 2. The van der Waals surface area contributed by atoms with Crippen LogP contribution in [-0.4, -0.2) is 0 Å². The minimum Gasteiger partial charge on any atom is -0.309 e.